The van der Waals surface area contributed by atoms with E-state index in [-0.39, 0.29) is 0 Å². The largest absolute Gasteiger partial charge is 0.478 e. The minimum atomic E-state index is -0.889. The Kier molecular flexibility index (Phi) is 4.46. The Bertz CT molecular complexity index is 791. The predicted octanol–water partition coefficient (Wildman–Crippen LogP) is 4.34. The highest BCUT2D eigenvalue weighted by Crippen LogP contribution is 2.37. The standard InChI is InChI=1S/C18H20ClNO3/c1-3-4-11(18(21)22)9-16-13-10-20(2)8-7-12-14(19)5-6-15(23-16)17(12)13/h5-6,9H,3-4,7-8,10H2,1-2H3,(H,21,22). The van der Waals surface area contributed by atoms with Gasteiger partial charge in [0.15, 0.2) is 0 Å². The van der Waals surface area contributed by atoms with Gasteiger partial charge in [-0.2, -0.15) is 0 Å². The smallest absolute Gasteiger partial charge is 0.331 e. The van der Waals surface area contributed by atoms with Crippen molar-refractivity contribution in [1.82, 2.24) is 4.90 Å². The summed E-state index contributed by atoms with van der Waals surface area (Å²) in [6.07, 6.45) is 3.85. The summed E-state index contributed by atoms with van der Waals surface area (Å²) in [5.74, 6) is -0.247. The van der Waals surface area contributed by atoms with E-state index in [4.69, 9.17) is 16.0 Å². The molecule has 0 aliphatic carbocycles. The van der Waals surface area contributed by atoms with Crippen molar-refractivity contribution in [3.05, 3.63) is 39.6 Å². The molecule has 3 rings (SSSR count). The Morgan fingerprint density at radius 1 is 1.43 bits per heavy atom. The van der Waals surface area contributed by atoms with E-state index in [2.05, 4.69) is 11.9 Å². The van der Waals surface area contributed by atoms with Gasteiger partial charge in [-0.15, -0.1) is 0 Å². The van der Waals surface area contributed by atoms with Crippen molar-refractivity contribution in [3.63, 3.8) is 0 Å². The van der Waals surface area contributed by atoms with Gasteiger partial charge < -0.3 is 14.4 Å². The molecular formula is C18H20ClNO3. The third-order valence-electron chi connectivity index (χ3n) is 4.31. The van der Waals surface area contributed by atoms with E-state index in [9.17, 15) is 9.90 Å². The number of halogens is 1. The molecule has 0 radical (unpaired) electrons. The molecule has 1 aliphatic rings. The molecule has 23 heavy (non-hydrogen) atoms. The second-order valence-corrected chi connectivity index (χ2v) is 6.46. The van der Waals surface area contributed by atoms with Gasteiger partial charge in [0.1, 0.15) is 11.3 Å². The first-order valence-corrected chi connectivity index (χ1v) is 8.24. The van der Waals surface area contributed by atoms with Crippen LogP contribution < -0.4 is 0 Å². The number of carbonyl (C=O) groups is 1. The number of likely N-dealkylation sites (N-methyl/N-ethyl adjacent to an activating group) is 1. The van der Waals surface area contributed by atoms with Crippen LogP contribution in [0.1, 0.15) is 36.7 Å². The van der Waals surface area contributed by atoms with Gasteiger partial charge in [0.05, 0.1) is 0 Å². The lowest BCUT2D eigenvalue weighted by Gasteiger charge is -2.13. The summed E-state index contributed by atoms with van der Waals surface area (Å²) in [7, 11) is 2.05. The van der Waals surface area contributed by atoms with Crippen molar-refractivity contribution < 1.29 is 14.3 Å². The first kappa shape index (κ1) is 16.1. The number of nitrogens with zero attached hydrogens (tertiary/aromatic N) is 1. The van der Waals surface area contributed by atoms with Crippen LogP contribution in [0.25, 0.3) is 17.0 Å². The van der Waals surface area contributed by atoms with Crippen molar-refractivity contribution in [2.45, 2.75) is 32.7 Å². The minimum absolute atomic E-state index is 0.377. The zero-order valence-electron chi connectivity index (χ0n) is 13.4. The van der Waals surface area contributed by atoms with Gasteiger partial charge in [-0.25, -0.2) is 4.79 Å². The van der Waals surface area contributed by atoms with Gasteiger partial charge in [-0.1, -0.05) is 24.9 Å². The fourth-order valence-corrected chi connectivity index (χ4v) is 3.41. The van der Waals surface area contributed by atoms with E-state index < -0.39 is 5.97 Å². The molecule has 1 aromatic carbocycles. The topological polar surface area (TPSA) is 53.7 Å². The number of hydrogen-bond acceptors (Lipinski definition) is 3. The number of carboxylic acids is 1. The van der Waals surface area contributed by atoms with Crippen LogP contribution in [0.4, 0.5) is 0 Å². The molecule has 1 aromatic heterocycles. The number of rotatable bonds is 4. The maximum atomic E-state index is 11.4. The van der Waals surface area contributed by atoms with Crippen LogP contribution in [0.2, 0.25) is 5.02 Å². The van der Waals surface area contributed by atoms with E-state index in [1.807, 2.05) is 19.1 Å². The highest BCUT2D eigenvalue weighted by molar-refractivity contribution is 6.32. The Morgan fingerprint density at radius 3 is 2.91 bits per heavy atom. The molecule has 0 spiro atoms. The van der Waals surface area contributed by atoms with Crippen molar-refractivity contribution in [2.24, 2.45) is 0 Å². The molecule has 5 heteroatoms. The summed E-state index contributed by atoms with van der Waals surface area (Å²) >= 11 is 6.37. The fraction of sp³-hybridized carbons (Fsp3) is 0.389. The fourth-order valence-electron chi connectivity index (χ4n) is 3.16. The molecule has 1 aliphatic heterocycles. The highest BCUT2D eigenvalue weighted by atomic mass is 35.5. The molecule has 0 fully saturated rings. The third-order valence-corrected chi connectivity index (χ3v) is 4.66. The van der Waals surface area contributed by atoms with E-state index in [0.29, 0.717) is 17.8 Å². The van der Waals surface area contributed by atoms with Gasteiger partial charge in [0.25, 0.3) is 0 Å². The second-order valence-electron chi connectivity index (χ2n) is 6.06. The molecule has 4 nitrogen and oxygen atoms in total. The van der Waals surface area contributed by atoms with Crippen molar-refractivity contribution in [3.8, 4) is 0 Å². The first-order valence-electron chi connectivity index (χ1n) is 7.86. The summed E-state index contributed by atoms with van der Waals surface area (Å²) < 4.78 is 5.97. The molecule has 0 saturated heterocycles. The summed E-state index contributed by atoms with van der Waals surface area (Å²) in [5, 5.41) is 11.2. The molecule has 0 bridgehead atoms. The summed E-state index contributed by atoms with van der Waals surface area (Å²) in [4.78, 5) is 13.6. The number of aliphatic carboxylic acids is 1. The lowest BCUT2D eigenvalue weighted by atomic mass is 10.0. The van der Waals surface area contributed by atoms with Crippen LogP contribution in [-0.2, 0) is 17.8 Å². The van der Waals surface area contributed by atoms with Gasteiger partial charge in [-0.3, -0.25) is 0 Å². The van der Waals surface area contributed by atoms with Crippen LogP contribution in [0.3, 0.4) is 0 Å². The van der Waals surface area contributed by atoms with Gasteiger partial charge in [-0.05, 0) is 43.7 Å². The van der Waals surface area contributed by atoms with Gasteiger partial charge in [0.2, 0.25) is 0 Å². The molecule has 0 unspecified atom stereocenters. The minimum Gasteiger partial charge on any atom is -0.478 e. The van der Waals surface area contributed by atoms with Crippen molar-refractivity contribution in [1.29, 1.82) is 0 Å². The van der Waals surface area contributed by atoms with Crippen LogP contribution in [0, 0.1) is 0 Å². The van der Waals surface area contributed by atoms with Crippen LogP contribution in [0.15, 0.2) is 22.1 Å². The summed E-state index contributed by atoms with van der Waals surface area (Å²) in [6.45, 7) is 3.61. The first-order chi connectivity index (χ1) is 11.0. The number of hydrogen-bond donors (Lipinski definition) is 1. The SMILES string of the molecule is CCCC(=Cc1oc2ccc(Cl)c3c2c1CN(C)CC3)C(=O)O. The number of furan rings is 1. The Labute approximate surface area is 140 Å². The molecule has 2 heterocycles. The molecule has 0 atom stereocenters. The maximum Gasteiger partial charge on any atom is 0.331 e. The van der Waals surface area contributed by atoms with Crippen LogP contribution in [-0.4, -0.2) is 29.6 Å². The monoisotopic (exact) mass is 333 g/mol. The zero-order chi connectivity index (χ0) is 16.6. The van der Waals surface area contributed by atoms with Crippen LogP contribution in [0.5, 0.6) is 0 Å². The molecule has 0 saturated carbocycles. The molecule has 122 valence electrons. The van der Waals surface area contributed by atoms with Gasteiger partial charge >= 0.3 is 5.97 Å². The highest BCUT2D eigenvalue weighted by Gasteiger charge is 2.23. The van der Waals surface area contributed by atoms with E-state index in [0.717, 1.165) is 53.0 Å². The number of carboxylic acid groups (broad SMARTS) is 1. The normalized spacial score (nSPS) is 15.9. The second kappa shape index (κ2) is 6.38. The number of benzene rings is 1. The Balaban J connectivity index is 2.22. The molecule has 2 aromatic rings. The average molecular weight is 334 g/mol. The van der Waals surface area contributed by atoms with E-state index in [1.54, 1.807) is 6.08 Å². The Morgan fingerprint density at radius 2 is 2.22 bits per heavy atom. The van der Waals surface area contributed by atoms with Crippen molar-refractivity contribution in [2.75, 3.05) is 13.6 Å². The van der Waals surface area contributed by atoms with Crippen LogP contribution >= 0.6 is 11.6 Å². The lowest BCUT2D eigenvalue weighted by molar-refractivity contribution is -0.132. The quantitative estimate of drug-likeness (QED) is 0.845. The van der Waals surface area contributed by atoms with Gasteiger partial charge in [0, 0.05) is 34.6 Å². The Hall–Kier alpha value is -1.78. The average Bonchev–Trinajstić information content (AvgIpc) is 2.72. The van der Waals surface area contributed by atoms with E-state index in [1.165, 1.54) is 0 Å². The molecular weight excluding hydrogens is 314 g/mol. The molecule has 0 amide bonds. The zero-order valence-corrected chi connectivity index (χ0v) is 14.1. The summed E-state index contributed by atoms with van der Waals surface area (Å²) in [6, 6.07) is 3.73. The molecule has 1 N–H and O–H groups in total. The maximum absolute atomic E-state index is 11.4. The van der Waals surface area contributed by atoms with E-state index >= 15 is 0 Å². The van der Waals surface area contributed by atoms with Crippen molar-refractivity contribution >= 4 is 34.6 Å². The third kappa shape index (κ3) is 3.01. The summed E-state index contributed by atoms with van der Waals surface area (Å²) in [5.41, 5.74) is 3.29. The lowest BCUT2D eigenvalue weighted by Crippen LogP contribution is -2.18. The predicted molar refractivity (Wildman–Crippen MR) is 91.8 cm³/mol.